The second-order valence-electron chi connectivity index (χ2n) is 13.3. The summed E-state index contributed by atoms with van der Waals surface area (Å²) in [6.07, 6.45) is 55.7. The van der Waals surface area contributed by atoms with Gasteiger partial charge in [-0.25, -0.2) is 4.79 Å². The largest absolute Gasteiger partial charge is 0.480 e. The SMILES string of the molecule is CC/C=C\C/C=C\C/C=C\C/C=C\C/C=C\CC(=O)OC(CC/C=C\C/C=C\C/C=C\C/C=C\CC)CCCCCCCC(=O)NC(CCCN)C(=O)O. The van der Waals surface area contributed by atoms with Gasteiger partial charge in [0.1, 0.15) is 12.1 Å². The van der Waals surface area contributed by atoms with Crippen LogP contribution in [0, 0.1) is 0 Å². The van der Waals surface area contributed by atoms with Crippen LogP contribution in [0.25, 0.3) is 0 Å². The van der Waals surface area contributed by atoms with Gasteiger partial charge in [-0.05, 0) is 109 Å². The molecule has 0 heterocycles. The van der Waals surface area contributed by atoms with Crippen LogP contribution < -0.4 is 11.1 Å². The van der Waals surface area contributed by atoms with Gasteiger partial charge in [-0.3, -0.25) is 9.59 Å². The fourth-order valence-electron chi connectivity index (χ4n) is 5.34. The van der Waals surface area contributed by atoms with Gasteiger partial charge < -0.3 is 20.9 Å². The van der Waals surface area contributed by atoms with Crippen LogP contribution in [-0.2, 0) is 19.1 Å². The Bertz CT molecular complexity index is 1200. The Morgan fingerprint density at radius 3 is 1.48 bits per heavy atom. The van der Waals surface area contributed by atoms with Gasteiger partial charge in [0, 0.05) is 6.42 Å². The first kappa shape index (κ1) is 50.0. The van der Waals surface area contributed by atoms with Gasteiger partial charge in [0.25, 0.3) is 0 Å². The monoisotopic (exact) mass is 747 g/mol. The number of carboxylic acids is 1. The highest BCUT2D eigenvalue weighted by Gasteiger charge is 2.19. The normalized spacial score (nSPS) is 13.8. The van der Waals surface area contributed by atoms with Crippen LogP contribution >= 0.6 is 0 Å². The van der Waals surface area contributed by atoms with Gasteiger partial charge in [-0.1, -0.05) is 142 Å². The first-order valence-corrected chi connectivity index (χ1v) is 20.7. The van der Waals surface area contributed by atoms with Crippen molar-refractivity contribution in [3.05, 3.63) is 109 Å². The molecule has 0 saturated carbocycles. The van der Waals surface area contributed by atoms with E-state index in [0.29, 0.717) is 32.2 Å². The molecule has 0 aliphatic carbocycles. The predicted octanol–water partition coefficient (Wildman–Crippen LogP) is 11.7. The number of hydrogen-bond acceptors (Lipinski definition) is 5. The van der Waals surface area contributed by atoms with Gasteiger partial charge in [-0.15, -0.1) is 0 Å². The first-order chi connectivity index (χ1) is 26.4. The highest BCUT2D eigenvalue weighted by atomic mass is 16.5. The summed E-state index contributed by atoms with van der Waals surface area (Å²) in [6, 6.07) is -0.877. The van der Waals surface area contributed by atoms with Crippen molar-refractivity contribution >= 4 is 17.8 Å². The molecule has 0 aromatic heterocycles. The zero-order valence-corrected chi connectivity index (χ0v) is 33.8. The average Bonchev–Trinajstić information content (AvgIpc) is 3.16. The number of aliphatic carboxylic acids is 1. The van der Waals surface area contributed by atoms with Crippen molar-refractivity contribution in [1.29, 1.82) is 0 Å². The Hall–Kier alpha value is -3.97. The molecule has 2 unspecified atom stereocenters. The number of rotatable bonds is 35. The Morgan fingerprint density at radius 1 is 0.556 bits per heavy atom. The van der Waals surface area contributed by atoms with Crippen LogP contribution in [0.5, 0.6) is 0 Å². The molecule has 2 atom stereocenters. The standard InChI is InChI=1S/C47H74N2O5/c1-3-5-7-9-11-13-15-17-18-20-22-24-26-31-35-41-46(51)54-43(37-32-28-25-23-21-19-16-14-12-10-8-6-4-2)38-33-29-27-30-34-40-45(50)49-44(47(52)53)39-36-42-48/h5-8,11-14,17-19,21-22,24-25,28,31,35,43-44H,3-4,9-10,15-16,20,23,26-27,29-30,32-34,36-42,48H2,1-2H3,(H,49,50)(H,52,53)/b7-5-,8-6-,13-11-,14-12-,18-17-,21-19-,24-22-,28-25-,35-31-. The minimum absolute atomic E-state index is 0.125. The number of unbranched alkanes of at least 4 members (excludes halogenated alkanes) is 4. The number of carbonyl (C=O) groups is 3. The zero-order chi connectivity index (χ0) is 39.6. The van der Waals surface area contributed by atoms with Crippen molar-refractivity contribution in [2.75, 3.05) is 6.54 Å². The Balaban J connectivity index is 4.64. The molecule has 1 amide bonds. The molecule has 0 fully saturated rings. The zero-order valence-electron chi connectivity index (χ0n) is 33.8. The van der Waals surface area contributed by atoms with Crippen molar-refractivity contribution in [3.8, 4) is 0 Å². The van der Waals surface area contributed by atoms with E-state index in [0.717, 1.165) is 103 Å². The van der Waals surface area contributed by atoms with E-state index in [9.17, 15) is 19.5 Å². The molecular formula is C47H74N2O5. The minimum Gasteiger partial charge on any atom is -0.480 e. The summed E-state index contributed by atoms with van der Waals surface area (Å²) in [6.45, 7) is 4.68. The number of hydrogen-bond donors (Lipinski definition) is 3. The van der Waals surface area contributed by atoms with Crippen LogP contribution in [0.15, 0.2) is 109 Å². The molecule has 0 bridgehead atoms. The summed E-state index contributed by atoms with van der Waals surface area (Å²) >= 11 is 0. The molecule has 0 aromatic carbocycles. The van der Waals surface area contributed by atoms with E-state index >= 15 is 0 Å². The van der Waals surface area contributed by atoms with Crippen LogP contribution in [0.4, 0.5) is 0 Å². The smallest absolute Gasteiger partial charge is 0.326 e. The number of allylic oxidation sites excluding steroid dienone is 17. The molecule has 302 valence electrons. The van der Waals surface area contributed by atoms with Gasteiger partial charge in [0.15, 0.2) is 0 Å². The number of esters is 1. The molecule has 0 aliphatic rings. The average molecular weight is 747 g/mol. The first-order valence-electron chi connectivity index (χ1n) is 20.7. The summed E-state index contributed by atoms with van der Waals surface area (Å²) in [4.78, 5) is 36.3. The lowest BCUT2D eigenvalue weighted by Crippen LogP contribution is -2.40. The fourth-order valence-corrected chi connectivity index (χ4v) is 5.34. The van der Waals surface area contributed by atoms with Crippen molar-refractivity contribution < 1.29 is 24.2 Å². The third-order valence-corrected chi connectivity index (χ3v) is 8.37. The number of carbonyl (C=O) groups excluding carboxylic acids is 2. The third kappa shape index (κ3) is 36.4. The third-order valence-electron chi connectivity index (χ3n) is 8.37. The van der Waals surface area contributed by atoms with Crippen LogP contribution in [0.1, 0.15) is 149 Å². The topological polar surface area (TPSA) is 119 Å². The maximum absolute atomic E-state index is 12.7. The molecule has 7 heteroatoms. The molecule has 0 rings (SSSR count). The maximum atomic E-state index is 12.7. The molecule has 54 heavy (non-hydrogen) atoms. The maximum Gasteiger partial charge on any atom is 0.326 e. The van der Waals surface area contributed by atoms with Gasteiger partial charge in [0.05, 0.1) is 6.42 Å². The van der Waals surface area contributed by atoms with Gasteiger partial charge in [-0.2, -0.15) is 0 Å². The van der Waals surface area contributed by atoms with E-state index < -0.39 is 12.0 Å². The van der Waals surface area contributed by atoms with Crippen molar-refractivity contribution in [3.63, 3.8) is 0 Å². The van der Waals surface area contributed by atoms with Gasteiger partial charge >= 0.3 is 11.9 Å². The fraction of sp³-hybridized carbons (Fsp3) is 0.553. The Morgan fingerprint density at radius 2 is 1.00 bits per heavy atom. The van der Waals surface area contributed by atoms with Crippen LogP contribution in [0.3, 0.4) is 0 Å². The molecular weight excluding hydrogens is 673 g/mol. The second kappa shape index (κ2) is 40.2. The lowest BCUT2D eigenvalue weighted by atomic mass is 10.0. The summed E-state index contributed by atoms with van der Waals surface area (Å²) in [5, 5.41) is 11.9. The molecule has 0 radical (unpaired) electrons. The van der Waals surface area contributed by atoms with Crippen molar-refractivity contribution in [1.82, 2.24) is 5.32 Å². The number of ether oxygens (including phenoxy) is 1. The molecule has 0 saturated heterocycles. The molecule has 0 aromatic rings. The number of carboxylic acid groups (broad SMARTS) is 1. The van der Waals surface area contributed by atoms with E-state index in [4.69, 9.17) is 10.5 Å². The van der Waals surface area contributed by atoms with E-state index in [-0.39, 0.29) is 24.4 Å². The highest BCUT2D eigenvalue weighted by Crippen LogP contribution is 2.16. The van der Waals surface area contributed by atoms with Crippen molar-refractivity contribution in [2.24, 2.45) is 5.73 Å². The number of nitrogens with two attached hydrogens (primary N) is 1. The molecule has 7 nitrogen and oxygen atoms in total. The Kier molecular flexibility index (Phi) is 37.3. The Labute approximate surface area is 329 Å². The molecule has 0 spiro atoms. The van der Waals surface area contributed by atoms with Gasteiger partial charge in [0.2, 0.25) is 5.91 Å². The predicted molar refractivity (Wildman–Crippen MR) is 229 cm³/mol. The summed E-state index contributed by atoms with van der Waals surface area (Å²) in [5.41, 5.74) is 5.48. The minimum atomic E-state index is -1.02. The van der Waals surface area contributed by atoms with Crippen LogP contribution in [0.2, 0.25) is 0 Å². The lowest BCUT2D eigenvalue weighted by Gasteiger charge is -2.17. The summed E-state index contributed by atoms with van der Waals surface area (Å²) < 4.78 is 5.92. The summed E-state index contributed by atoms with van der Waals surface area (Å²) in [5.74, 6) is -1.44. The quantitative estimate of drug-likeness (QED) is 0.0337. The highest BCUT2D eigenvalue weighted by molar-refractivity contribution is 5.83. The molecule has 0 aliphatic heterocycles. The van der Waals surface area contributed by atoms with Crippen LogP contribution in [-0.4, -0.2) is 41.6 Å². The lowest BCUT2D eigenvalue weighted by molar-refractivity contribution is -0.148. The second-order valence-corrected chi connectivity index (χ2v) is 13.3. The van der Waals surface area contributed by atoms with E-state index in [1.165, 1.54) is 0 Å². The van der Waals surface area contributed by atoms with E-state index in [1.807, 2.05) is 12.2 Å². The summed E-state index contributed by atoms with van der Waals surface area (Å²) in [7, 11) is 0. The number of nitrogens with one attached hydrogen (secondary N) is 1. The molecule has 4 N–H and O–H groups in total. The van der Waals surface area contributed by atoms with E-state index in [2.05, 4.69) is 116 Å². The van der Waals surface area contributed by atoms with E-state index in [1.54, 1.807) is 0 Å². The van der Waals surface area contributed by atoms with Crippen molar-refractivity contribution in [2.45, 2.75) is 161 Å². The number of amides is 1.